The molecular weight excluding hydrogens is 383 g/mol. The molecule has 1 atom stereocenters. The number of nitrogens with zero attached hydrogens (tertiary/aromatic N) is 3. The molecule has 27 heavy (non-hydrogen) atoms. The Morgan fingerprint density at radius 1 is 1.33 bits per heavy atom. The number of benzene rings is 1. The van der Waals surface area contributed by atoms with Crippen LogP contribution in [0.4, 0.5) is 4.39 Å². The molecule has 0 radical (unpaired) electrons. The Morgan fingerprint density at radius 3 is 2.96 bits per heavy atom. The normalized spacial score (nSPS) is 20.1. The number of hydrogen-bond donors (Lipinski definition) is 1. The fourth-order valence-electron chi connectivity index (χ4n) is 3.19. The second kappa shape index (κ2) is 5.90. The van der Waals surface area contributed by atoms with Gasteiger partial charge in [0.2, 0.25) is 0 Å². The number of carbonyl (C=O) groups is 1. The summed E-state index contributed by atoms with van der Waals surface area (Å²) < 4.78 is 15.4. The maximum absolute atomic E-state index is 13.8. The van der Waals surface area contributed by atoms with E-state index >= 15 is 0 Å². The summed E-state index contributed by atoms with van der Waals surface area (Å²) in [6.45, 7) is 0. The van der Waals surface area contributed by atoms with Crippen LogP contribution in [0.2, 0.25) is 0 Å². The summed E-state index contributed by atoms with van der Waals surface area (Å²) in [4.78, 5) is 16.7. The predicted octanol–water partition coefficient (Wildman–Crippen LogP) is 3.84. The number of halogens is 1. The molecule has 5 rings (SSSR count). The van der Waals surface area contributed by atoms with Crippen LogP contribution in [0.5, 0.6) is 0 Å². The fraction of sp³-hybridized carbons (Fsp3) is 0.105. The van der Waals surface area contributed by atoms with Gasteiger partial charge < -0.3 is 5.32 Å². The predicted molar refractivity (Wildman–Crippen MR) is 104 cm³/mol. The molecule has 1 amide bonds. The second-order valence-electron chi connectivity index (χ2n) is 6.26. The molecule has 3 aromatic rings. The number of amides is 1. The lowest BCUT2D eigenvalue weighted by atomic mass is 10.2. The molecule has 1 unspecified atom stereocenters. The van der Waals surface area contributed by atoms with E-state index in [9.17, 15) is 9.18 Å². The van der Waals surface area contributed by atoms with Gasteiger partial charge in [0, 0.05) is 18.6 Å². The highest BCUT2D eigenvalue weighted by Gasteiger charge is 2.52. The molecule has 3 heterocycles. The Kier molecular flexibility index (Phi) is 3.60. The van der Waals surface area contributed by atoms with Crippen molar-refractivity contribution in [1.82, 2.24) is 20.1 Å². The lowest BCUT2D eigenvalue weighted by Crippen LogP contribution is -2.22. The monoisotopic (exact) mass is 396 g/mol. The first-order valence-electron chi connectivity index (χ1n) is 8.21. The zero-order chi connectivity index (χ0) is 18.6. The van der Waals surface area contributed by atoms with Crippen molar-refractivity contribution < 1.29 is 9.18 Å². The number of thiazole rings is 1. The van der Waals surface area contributed by atoms with Crippen molar-refractivity contribution in [2.75, 3.05) is 0 Å². The highest BCUT2D eigenvalue weighted by atomic mass is 32.2. The SMILES string of the molecule is Cn1nc(-c2nccs2)cc1C12C=C1C=C(NC(=O)c1ccccc1F)S2. The molecule has 2 aliphatic rings. The zero-order valence-corrected chi connectivity index (χ0v) is 15.8. The summed E-state index contributed by atoms with van der Waals surface area (Å²) in [7, 11) is 1.90. The molecule has 1 aliphatic heterocycles. The number of hydrogen-bond acceptors (Lipinski definition) is 5. The minimum absolute atomic E-state index is 0.0363. The molecule has 0 fully saturated rings. The lowest BCUT2D eigenvalue weighted by Gasteiger charge is -2.15. The fourth-order valence-corrected chi connectivity index (χ4v) is 5.12. The van der Waals surface area contributed by atoms with Crippen LogP contribution < -0.4 is 5.32 Å². The van der Waals surface area contributed by atoms with Gasteiger partial charge in [-0.05, 0) is 29.8 Å². The van der Waals surface area contributed by atoms with Crippen molar-refractivity contribution in [1.29, 1.82) is 0 Å². The van der Waals surface area contributed by atoms with Crippen molar-refractivity contribution >= 4 is 29.0 Å². The number of rotatable bonds is 4. The van der Waals surface area contributed by atoms with Gasteiger partial charge in [-0.1, -0.05) is 30.0 Å². The van der Waals surface area contributed by atoms with Gasteiger partial charge in [-0.25, -0.2) is 9.37 Å². The van der Waals surface area contributed by atoms with E-state index in [1.807, 2.05) is 29.3 Å². The summed E-state index contributed by atoms with van der Waals surface area (Å²) in [5, 5.41) is 10.9. The van der Waals surface area contributed by atoms with Gasteiger partial charge >= 0.3 is 0 Å². The molecule has 8 heteroatoms. The molecule has 0 bridgehead atoms. The van der Waals surface area contributed by atoms with Gasteiger partial charge in [-0.3, -0.25) is 9.48 Å². The molecule has 134 valence electrons. The third-order valence-corrected chi connectivity index (χ3v) is 6.65. The molecular formula is C19H13FN4OS2. The van der Waals surface area contributed by atoms with E-state index in [1.54, 1.807) is 29.7 Å². The van der Waals surface area contributed by atoms with Gasteiger partial charge in [-0.2, -0.15) is 5.10 Å². The number of aryl methyl sites for hydroxylation is 1. The third-order valence-electron chi connectivity index (χ3n) is 4.53. The molecule has 2 aromatic heterocycles. The van der Waals surface area contributed by atoms with Crippen LogP contribution in [0, 0.1) is 5.82 Å². The van der Waals surface area contributed by atoms with E-state index in [1.165, 1.54) is 23.9 Å². The molecule has 1 aromatic carbocycles. The Balaban J connectivity index is 1.36. The minimum atomic E-state index is -0.530. The first-order valence-corrected chi connectivity index (χ1v) is 9.91. The molecule has 1 aliphatic carbocycles. The van der Waals surface area contributed by atoms with E-state index in [2.05, 4.69) is 21.5 Å². The summed E-state index contributed by atoms with van der Waals surface area (Å²) >= 11 is 3.07. The van der Waals surface area contributed by atoms with Crippen LogP contribution in [0.3, 0.4) is 0 Å². The Bertz CT molecular complexity index is 1130. The zero-order valence-electron chi connectivity index (χ0n) is 14.1. The minimum Gasteiger partial charge on any atom is -0.316 e. The largest absolute Gasteiger partial charge is 0.316 e. The van der Waals surface area contributed by atoms with Crippen molar-refractivity contribution in [2.24, 2.45) is 7.05 Å². The highest BCUT2D eigenvalue weighted by molar-refractivity contribution is 8.05. The lowest BCUT2D eigenvalue weighted by molar-refractivity contribution is 0.0965. The first kappa shape index (κ1) is 16.5. The average molecular weight is 396 g/mol. The van der Waals surface area contributed by atoms with Crippen molar-refractivity contribution in [3.8, 4) is 10.7 Å². The number of aromatic nitrogens is 3. The summed E-state index contributed by atoms with van der Waals surface area (Å²) in [6.07, 6.45) is 5.83. The van der Waals surface area contributed by atoms with Crippen LogP contribution >= 0.6 is 23.1 Å². The Morgan fingerprint density at radius 2 is 2.19 bits per heavy atom. The molecule has 0 saturated heterocycles. The number of fused-ring (bicyclic) bond motifs is 1. The highest BCUT2D eigenvalue weighted by Crippen LogP contribution is 2.63. The molecule has 0 saturated carbocycles. The van der Waals surface area contributed by atoms with Gasteiger partial charge in [0.25, 0.3) is 5.91 Å². The summed E-state index contributed by atoms with van der Waals surface area (Å²) in [5.74, 6) is -0.977. The molecule has 5 nitrogen and oxygen atoms in total. The van der Waals surface area contributed by atoms with E-state index in [0.29, 0.717) is 5.03 Å². The summed E-state index contributed by atoms with van der Waals surface area (Å²) in [6, 6.07) is 7.99. The number of nitrogens with one attached hydrogen (secondary N) is 1. The van der Waals surface area contributed by atoms with Crippen LogP contribution in [0.25, 0.3) is 10.7 Å². The molecule has 1 N–H and O–H groups in total. The van der Waals surface area contributed by atoms with Gasteiger partial charge in [0.05, 0.1) is 16.3 Å². The maximum Gasteiger partial charge on any atom is 0.259 e. The van der Waals surface area contributed by atoms with Crippen LogP contribution in [-0.4, -0.2) is 20.7 Å². The number of allylic oxidation sites excluding steroid dienone is 1. The Hall–Kier alpha value is -2.71. The van der Waals surface area contributed by atoms with E-state index in [-0.39, 0.29) is 10.3 Å². The van der Waals surface area contributed by atoms with Crippen LogP contribution in [-0.2, 0) is 11.8 Å². The van der Waals surface area contributed by atoms with Crippen molar-refractivity contribution in [3.05, 3.63) is 81.7 Å². The second-order valence-corrected chi connectivity index (χ2v) is 8.44. The van der Waals surface area contributed by atoms with Crippen LogP contribution in [0.15, 0.2) is 64.7 Å². The first-order chi connectivity index (χ1) is 13.1. The Labute approximate surface area is 162 Å². The van der Waals surface area contributed by atoms with E-state index in [4.69, 9.17) is 0 Å². The van der Waals surface area contributed by atoms with Crippen LogP contribution in [0.1, 0.15) is 16.1 Å². The van der Waals surface area contributed by atoms with E-state index < -0.39 is 11.7 Å². The topological polar surface area (TPSA) is 59.8 Å². The van der Waals surface area contributed by atoms with Crippen molar-refractivity contribution in [2.45, 2.75) is 4.75 Å². The number of thioether (sulfide) groups is 1. The average Bonchev–Trinajstić information content (AvgIpc) is 3.09. The smallest absolute Gasteiger partial charge is 0.259 e. The van der Waals surface area contributed by atoms with Gasteiger partial charge in [0.1, 0.15) is 21.3 Å². The van der Waals surface area contributed by atoms with Crippen molar-refractivity contribution in [3.63, 3.8) is 0 Å². The maximum atomic E-state index is 13.8. The third kappa shape index (κ3) is 2.64. The molecule has 0 spiro atoms. The van der Waals surface area contributed by atoms with Gasteiger partial charge in [0.15, 0.2) is 0 Å². The summed E-state index contributed by atoms with van der Waals surface area (Å²) in [5.41, 5.74) is 3.01. The van der Waals surface area contributed by atoms with Gasteiger partial charge in [-0.15, -0.1) is 11.3 Å². The standard InChI is InChI=1S/C19H13FN4OS2/c1-24-15(9-14(23-24)18-21-6-7-26-18)19-10-11(19)8-16(27-19)22-17(25)12-4-2-3-5-13(12)20/h2-10H,1H3,(H,22,25). The quantitative estimate of drug-likeness (QED) is 0.728. The number of carbonyl (C=O) groups excluding carboxylic acids is 1. The van der Waals surface area contributed by atoms with E-state index in [0.717, 1.165) is 22.0 Å².